The molecule has 0 aromatic rings. The Bertz CT molecular complexity index is 864. The number of rotatable bonds is 50. The number of ether oxygens (including phenoxy) is 2. The molecule has 0 radical (unpaired) electrons. The monoisotopic (exact) mass is 851 g/mol. The third kappa shape index (κ3) is 43.5. The van der Waals surface area contributed by atoms with Gasteiger partial charge in [0.25, 0.3) is 0 Å². The molecule has 0 aliphatic carbocycles. The van der Waals surface area contributed by atoms with E-state index < -0.39 is 0 Å². The first kappa shape index (κ1) is 58.8. The van der Waals surface area contributed by atoms with Gasteiger partial charge in [-0.05, 0) is 103 Å². The minimum Gasteiger partial charge on any atom is -0.466 e. The molecule has 0 aliphatic heterocycles. The molecule has 0 rings (SSSR count). The van der Waals surface area contributed by atoms with E-state index in [0.717, 1.165) is 96.7 Å². The van der Waals surface area contributed by atoms with Crippen LogP contribution in [-0.4, -0.2) is 74.0 Å². The molecule has 0 amide bonds. The molecule has 0 bridgehead atoms. The largest absolute Gasteiger partial charge is 0.466 e. The molecule has 358 valence electrons. The molecule has 0 aromatic carbocycles. The molecule has 60 heavy (non-hydrogen) atoms. The maximum Gasteiger partial charge on any atom is 0.305 e. The predicted molar refractivity (Wildman–Crippen MR) is 259 cm³/mol. The van der Waals surface area contributed by atoms with Crippen molar-refractivity contribution in [3.05, 3.63) is 0 Å². The lowest BCUT2D eigenvalue weighted by molar-refractivity contribution is -0.144. The van der Waals surface area contributed by atoms with Crippen molar-refractivity contribution in [3.63, 3.8) is 0 Å². The third-order valence-electron chi connectivity index (χ3n) is 12.5. The van der Waals surface area contributed by atoms with E-state index in [2.05, 4.69) is 37.9 Å². The molecule has 0 saturated carbocycles. The van der Waals surface area contributed by atoms with Crippen LogP contribution in [0.2, 0.25) is 0 Å². The topological polar surface area (TPSA) is 88.1 Å². The molecule has 0 saturated heterocycles. The molecule has 0 aliphatic rings. The van der Waals surface area contributed by atoms with Gasteiger partial charge < -0.3 is 24.8 Å². The molecule has 7 nitrogen and oxygen atoms in total. The number of aliphatic hydroxyl groups is 1. The van der Waals surface area contributed by atoms with E-state index in [1.54, 1.807) is 0 Å². The number of unbranched alkanes of at least 4 members (excludes halogenated alkanes) is 27. The van der Waals surface area contributed by atoms with Gasteiger partial charge >= 0.3 is 11.9 Å². The van der Waals surface area contributed by atoms with E-state index in [9.17, 15) is 14.7 Å². The van der Waals surface area contributed by atoms with Crippen LogP contribution in [0.3, 0.4) is 0 Å². The summed E-state index contributed by atoms with van der Waals surface area (Å²) in [5.41, 5.74) is 0. The van der Waals surface area contributed by atoms with E-state index in [1.807, 2.05) is 0 Å². The predicted octanol–water partition coefficient (Wildman–Crippen LogP) is 14.8. The number of nitrogens with one attached hydrogen (secondary N) is 1. The second-order valence-electron chi connectivity index (χ2n) is 18.5. The van der Waals surface area contributed by atoms with Gasteiger partial charge in [0, 0.05) is 19.4 Å². The molecule has 7 heteroatoms. The lowest BCUT2D eigenvalue weighted by atomic mass is 9.92. The van der Waals surface area contributed by atoms with Gasteiger partial charge in [0.15, 0.2) is 0 Å². The molecular formula is C53H106N2O5. The van der Waals surface area contributed by atoms with Crippen LogP contribution in [-0.2, 0) is 19.1 Å². The Morgan fingerprint density at radius 2 is 0.783 bits per heavy atom. The highest BCUT2D eigenvalue weighted by Crippen LogP contribution is 2.19. The Kier molecular flexibility index (Phi) is 47.9. The molecule has 0 spiro atoms. The Balaban J connectivity index is 4.32. The maximum absolute atomic E-state index is 12.4. The van der Waals surface area contributed by atoms with E-state index >= 15 is 0 Å². The van der Waals surface area contributed by atoms with Gasteiger partial charge in [0.05, 0.1) is 19.3 Å². The second-order valence-corrected chi connectivity index (χ2v) is 18.5. The van der Waals surface area contributed by atoms with Crippen LogP contribution < -0.4 is 5.32 Å². The summed E-state index contributed by atoms with van der Waals surface area (Å²) in [6.45, 7) is 15.4. The van der Waals surface area contributed by atoms with Gasteiger partial charge in [0.1, 0.15) is 0 Å². The summed E-state index contributed by atoms with van der Waals surface area (Å²) in [5.74, 6) is 0.0795. The highest BCUT2D eigenvalue weighted by Gasteiger charge is 2.19. The van der Waals surface area contributed by atoms with E-state index in [4.69, 9.17) is 9.47 Å². The zero-order valence-electron chi connectivity index (χ0n) is 41.0. The van der Waals surface area contributed by atoms with Crippen molar-refractivity contribution >= 4 is 11.9 Å². The average Bonchev–Trinajstić information content (AvgIpc) is 3.25. The quantitative estimate of drug-likeness (QED) is 0.0465. The normalized spacial score (nSPS) is 12.6. The van der Waals surface area contributed by atoms with E-state index in [0.29, 0.717) is 26.1 Å². The zero-order chi connectivity index (χ0) is 43.8. The van der Waals surface area contributed by atoms with Crippen LogP contribution in [0.25, 0.3) is 0 Å². The summed E-state index contributed by atoms with van der Waals surface area (Å²) >= 11 is 0. The third-order valence-corrected chi connectivity index (χ3v) is 12.5. The number of carbonyl (C=O) groups excluding carboxylic acids is 2. The van der Waals surface area contributed by atoms with Gasteiger partial charge in [-0.3, -0.25) is 9.59 Å². The number of hydrogen-bond acceptors (Lipinski definition) is 7. The van der Waals surface area contributed by atoms with Gasteiger partial charge in [-0.1, -0.05) is 188 Å². The van der Waals surface area contributed by atoms with Gasteiger partial charge in [0.2, 0.25) is 0 Å². The van der Waals surface area contributed by atoms with Crippen LogP contribution in [0.1, 0.15) is 272 Å². The Hall–Kier alpha value is -1.18. The van der Waals surface area contributed by atoms with Crippen LogP contribution in [0.5, 0.6) is 0 Å². The van der Waals surface area contributed by atoms with Gasteiger partial charge in [-0.15, -0.1) is 0 Å². The Labute approximate surface area is 374 Å². The minimum atomic E-state index is -0.357. The molecule has 2 atom stereocenters. The highest BCUT2D eigenvalue weighted by atomic mass is 16.5. The first-order valence-corrected chi connectivity index (χ1v) is 26.9. The summed E-state index contributed by atoms with van der Waals surface area (Å²) in [4.78, 5) is 27.2. The van der Waals surface area contributed by atoms with E-state index in [1.165, 1.54) is 167 Å². The summed E-state index contributed by atoms with van der Waals surface area (Å²) < 4.78 is 11.1. The van der Waals surface area contributed by atoms with Crippen molar-refractivity contribution in [1.82, 2.24) is 10.2 Å². The second kappa shape index (κ2) is 48.8. The zero-order valence-corrected chi connectivity index (χ0v) is 41.0. The molecule has 2 unspecified atom stereocenters. The van der Waals surface area contributed by atoms with Crippen molar-refractivity contribution in [1.29, 1.82) is 0 Å². The number of hydrogen-bond donors (Lipinski definition) is 2. The first-order chi connectivity index (χ1) is 29.5. The molecular weight excluding hydrogens is 745 g/mol. The summed E-state index contributed by atoms with van der Waals surface area (Å²) in [6, 6.07) is 0. The number of esters is 2. The van der Waals surface area contributed by atoms with Crippen molar-refractivity contribution in [2.24, 2.45) is 5.92 Å². The SMILES string of the molecule is CCCCCCCCCCCCCCC(=O)OCCCCCC(O)C(CCCCOC(=O)CCCCCCCCCCCCCC)CNCCCN(CCCC)CCCC. The number of nitrogens with zero attached hydrogens (tertiary/aromatic N) is 1. The van der Waals surface area contributed by atoms with Gasteiger partial charge in [-0.25, -0.2) is 0 Å². The number of carbonyl (C=O) groups is 2. The maximum atomic E-state index is 12.4. The fourth-order valence-corrected chi connectivity index (χ4v) is 8.36. The van der Waals surface area contributed by atoms with Crippen LogP contribution in [0.15, 0.2) is 0 Å². The molecule has 0 aromatic heterocycles. The van der Waals surface area contributed by atoms with E-state index in [-0.39, 0.29) is 24.0 Å². The molecule has 0 fully saturated rings. The summed E-state index contributed by atoms with van der Waals surface area (Å²) in [7, 11) is 0. The Morgan fingerprint density at radius 1 is 0.433 bits per heavy atom. The van der Waals surface area contributed by atoms with Crippen molar-refractivity contribution in [3.8, 4) is 0 Å². The molecule has 2 N–H and O–H groups in total. The fraction of sp³-hybridized carbons (Fsp3) is 0.962. The highest BCUT2D eigenvalue weighted by molar-refractivity contribution is 5.69. The van der Waals surface area contributed by atoms with Crippen molar-refractivity contribution in [2.75, 3.05) is 45.9 Å². The standard InChI is InChI=1S/C53H106N2O5/c1-5-9-13-15-17-19-21-23-25-27-29-33-41-52(57)59-47-36-31-32-40-51(56)50(49-54-43-38-46-55(44-11-7-3)45-12-8-4)39-35-37-48-60-53(58)42-34-30-28-26-24-22-20-18-16-14-10-6-2/h50-51,54,56H,5-49H2,1-4H3. The van der Waals surface area contributed by atoms with Crippen LogP contribution in [0.4, 0.5) is 0 Å². The smallest absolute Gasteiger partial charge is 0.305 e. The van der Waals surface area contributed by atoms with Gasteiger partial charge in [-0.2, -0.15) is 0 Å². The average molecular weight is 851 g/mol. The lowest BCUT2D eigenvalue weighted by Crippen LogP contribution is -2.34. The number of aliphatic hydroxyl groups excluding tert-OH is 1. The first-order valence-electron chi connectivity index (χ1n) is 26.9. The summed E-state index contributed by atoms with van der Waals surface area (Å²) in [5, 5.41) is 15.0. The lowest BCUT2D eigenvalue weighted by Gasteiger charge is -2.25. The van der Waals surface area contributed by atoms with Crippen molar-refractivity contribution in [2.45, 2.75) is 278 Å². The summed E-state index contributed by atoms with van der Waals surface area (Å²) in [6.07, 6.45) is 44.2. The Morgan fingerprint density at radius 3 is 1.22 bits per heavy atom. The minimum absolute atomic E-state index is 0.0535. The van der Waals surface area contributed by atoms with Crippen LogP contribution >= 0.6 is 0 Å². The van der Waals surface area contributed by atoms with Crippen molar-refractivity contribution < 1.29 is 24.2 Å². The molecule has 0 heterocycles. The fourth-order valence-electron chi connectivity index (χ4n) is 8.36. The van der Waals surface area contributed by atoms with Crippen LogP contribution in [0, 0.1) is 5.92 Å².